The van der Waals surface area contributed by atoms with E-state index in [9.17, 15) is 14.3 Å². The number of alkyl halides is 1. The summed E-state index contributed by atoms with van der Waals surface area (Å²) in [6.45, 7) is 7.03. The third-order valence-electron chi connectivity index (χ3n) is 6.31. The van der Waals surface area contributed by atoms with Gasteiger partial charge in [0.1, 0.15) is 12.2 Å². The van der Waals surface area contributed by atoms with E-state index in [-0.39, 0.29) is 23.8 Å². The van der Waals surface area contributed by atoms with Crippen molar-refractivity contribution < 1.29 is 19.0 Å². The SMILES string of the molecule is CC1(C)CC(Nc2cc(-c3ccc4cc(C#N)cnn34)ncc2C(=O)NCC(F)C(C)(C)O)CCO1. The van der Waals surface area contributed by atoms with Crippen molar-refractivity contribution in [1.82, 2.24) is 19.9 Å². The molecule has 0 saturated carbocycles. The van der Waals surface area contributed by atoms with Gasteiger partial charge in [0.15, 0.2) is 0 Å². The number of aromatic nitrogens is 3. The summed E-state index contributed by atoms with van der Waals surface area (Å²) in [5.41, 5.74) is 1.43. The van der Waals surface area contributed by atoms with Crippen LogP contribution >= 0.6 is 0 Å². The predicted molar refractivity (Wildman–Crippen MR) is 133 cm³/mol. The summed E-state index contributed by atoms with van der Waals surface area (Å²) in [6, 6.07) is 9.35. The summed E-state index contributed by atoms with van der Waals surface area (Å²) in [5, 5.41) is 29.4. The van der Waals surface area contributed by atoms with Crippen LogP contribution in [0.4, 0.5) is 10.1 Å². The summed E-state index contributed by atoms with van der Waals surface area (Å²) in [6.07, 6.45) is 2.82. The van der Waals surface area contributed by atoms with Crippen LogP contribution in [0.2, 0.25) is 0 Å². The molecule has 0 bridgehead atoms. The van der Waals surface area contributed by atoms with Gasteiger partial charge in [-0.3, -0.25) is 9.78 Å². The average molecular weight is 495 g/mol. The number of fused-ring (bicyclic) bond motifs is 1. The van der Waals surface area contributed by atoms with Crippen LogP contribution in [0.5, 0.6) is 0 Å². The Hall–Kier alpha value is -3.55. The minimum Gasteiger partial charge on any atom is -0.387 e. The minimum atomic E-state index is -1.63. The second-order valence-corrected chi connectivity index (χ2v) is 10.3. The third kappa shape index (κ3) is 5.64. The van der Waals surface area contributed by atoms with Crippen LogP contribution in [0, 0.1) is 11.3 Å². The maximum atomic E-state index is 14.3. The van der Waals surface area contributed by atoms with Crippen LogP contribution in [0.3, 0.4) is 0 Å². The Morgan fingerprint density at radius 1 is 1.39 bits per heavy atom. The molecule has 1 aliphatic heterocycles. The molecule has 0 aliphatic carbocycles. The molecule has 3 aromatic heterocycles. The van der Waals surface area contributed by atoms with Crippen molar-refractivity contribution in [2.45, 2.75) is 64.0 Å². The number of ether oxygens (including phenoxy) is 1. The van der Waals surface area contributed by atoms with Gasteiger partial charge in [-0.15, -0.1) is 0 Å². The van der Waals surface area contributed by atoms with Crippen molar-refractivity contribution in [3.05, 3.63) is 47.8 Å². The Kier molecular flexibility index (Phi) is 6.98. The van der Waals surface area contributed by atoms with Gasteiger partial charge in [0, 0.05) is 18.8 Å². The first-order valence-electron chi connectivity index (χ1n) is 11.9. The van der Waals surface area contributed by atoms with Crippen LogP contribution < -0.4 is 10.6 Å². The number of hydrogen-bond donors (Lipinski definition) is 3. The summed E-state index contributed by atoms with van der Waals surface area (Å²) >= 11 is 0. The predicted octanol–water partition coefficient (Wildman–Crippen LogP) is 3.48. The number of nitrogens with zero attached hydrogens (tertiary/aromatic N) is 4. The van der Waals surface area contributed by atoms with Gasteiger partial charge in [-0.1, -0.05) is 0 Å². The smallest absolute Gasteiger partial charge is 0.255 e. The highest BCUT2D eigenvalue weighted by molar-refractivity contribution is 6.00. The van der Waals surface area contributed by atoms with Crippen LogP contribution in [0.15, 0.2) is 36.7 Å². The van der Waals surface area contributed by atoms with Crippen LogP contribution in [-0.4, -0.2) is 62.2 Å². The first-order valence-corrected chi connectivity index (χ1v) is 11.9. The molecule has 190 valence electrons. The van der Waals surface area contributed by atoms with Gasteiger partial charge >= 0.3 is 0 Å². The molecule has 1 aliphatic rings. The van der Waals surface area contributed by atoms with Gasteiger partial charge in [0.05, 0.1) is 57.7 Å². The Bertz CT molecular complexity index is 1310. The van der Waals surface area contributed by atoms with Gasteiger partial charge in [0.2, 0.25) is 0 Å². The summed E-state index contributed by atoms with van der Waals surface area (Å²) < 4.78 is 21.8. The highest BCUT2D eigenvalue weighted by Crippen LogP contribution is 2.30. The molecular weight excluding hydrogens is 463 g/mol. The highest BCUT2D eigenvalue weighted by Gasteiger charge is 2.30. The molecular formula is C26H31FN6O3. The molecule has 36 heavy (non-hydrogen) atoms. The largest absolute Gasteiger partial charge is 0.387 e. The number of pyridine rings is 1. The molecule has 0 radical (unpaired) electrons. The molecule has 1 fully saturated rings. The van der Waals surface area contributed by atoms with E-state index < -0.39 is 17.7 Å². The Morgan fingerprint density at radius 3 is 2.86 bits per heavy atom. The van der Waals surface area contributed by atoms with Gasteiger partial charge in [-0.25, -0.2) is 8.91 Å². The highest BCUT2D eigenvalue weighted by atomic mass is 19.1. The fourth-order valence-electron chi connectivity index (χ4n) is 4.25. The normalized spacial score (nSPS) is 18.4. The Balaban J connectivity index is 1.67. The lowest BCUT2D eigenvalue weighted by Gasteiger charge is -2.36. The molecule has 2 atom stereocenters. The molecule has 4 heterocycles. The van der Waals surface area contributed by atoms with Crippen molar-refractivity contribution in [1.29, 1.82) is 5.26 Å². The zero-order chi connectivity index (χ0) is 26.1. The molecule has 2 unspecified atom stereocenters. The zero-order valence-electron chi connectivity index (χ0n) is 20.9. The monoisotopic (exact) mass is 494 g/mol. The van der Waals surface area contributed by atoms with E-state index in [1.807, 2.05) is 26.0 Å². The van der Waals surface area contributed by atoms with Gasteiger partial charge in [-0.2, -0.15) is 10.4 Å². The standard InChI is InChI=1S/C26H31FN6O3/c1-25(2)11-17(7-8-36-25)32-20-10-21(22-6-5-18-9-16(12-28)13-31-33(18)22)29-14-19(20)24(34)30-15-23(27)26(3,4)35/h5-6,9-10,13-14,17,23,35H,7-8,11,15H2,1-4H3,(H,29,32)(H,30,34). The Labute approximate surface area is 209 Å². The van der Waals surface area contributed by atoms with Crippen LogP contribution in [0.25, 0.3) is 16.9 Å². The number of nitrogens with one attached hydrogen (secondary N) is 2. The molecule has 0 spiro atoms. The molecule has 0 aromatic carbocycles. The lowest BCUT2D eigenvalue weighted by Crippen LogP contribution is -2.42. The van der Waals surface area contributed by atoms with Crippen molar-refractivity contribution in [2.24, 2.45) is 0 Å². The first kappa shape index (κ1) is 25.5. The van der Waals surface area contributed by atoms with E-state index in [4.69, 9.17) is 10.00 Å². The fraction of sp³-hybridized carbons (Fsp3) is 0.462. The second kappa shape index (κ2) is 9.84. The van der Waals surface area contributed by atoms with Crippen molar-refractivity contribution in [3.63, 3.8) is 0 Å². The summed E-state index contributed by atoms with van der Waals surface area (Å²) in [4.78, 5) is 17.5. The quantitative estimate of drug-likeness (QED) is 0.459. The number of rotatable bonds is 7. The molecule has 9 nitrogen and oxygen atoms in total. The summed E-state index contributed by atoms with van der Waals surface area (Å²) in [7, 11) is 0. The number of aliphatic hydroxyl groups is 1. The van der Waals surface area contributed by atoms with Crippen LogP contribution in [-0.2, 0) is 4.74 Å². The number of amides is 1. The lowest BCUT2D eigenvalue weighted by atomic mass is 9.93. The van der Waals surface area contributed by atoms with Gasteiger partial charge in [-0.05, 0) is 64.8 Å². The van der Waals surface area contributed by atoms with E-state index in [0.29, 0.717) is 29.2 Å². The van der Waals surface area contributed by atoms with E-state index in [1.54, 1.807) is 16.6 Å². The van der Waals surface area contributed by atoms with Crippen molar-refractivity contribution >= 4 is 17.1 Å². The number of nitriles is 1. The number of anilines is 1. The third-order valence-corrected chi connectivity index (χ3v) is 6.31. The number of hydrogen-bond acceptors (Lipinski definition) is 7. The number of carbonyl (C=O) groups is 1. The van der Waals surface area contributed by atoms with E-state index in [2.05, 4.69) is 26.8 Å². The molecule has 3 N–H and O–H groups in total. The summed E-state index contributed by atoms with van der Waals surface area (Å²) in [5.74, 6) is -0.494. The number of carbonyl (C=O) groups excluding carboxylic acids is 1. The van der Waals surface area contributed by atoms with Gasteiger partial charge in [0.25, 0.3) is 5.91 Å². The average Bonchev–Trinajstić information content (AvgIpc) is 3.24. The second-order valence-electron chi connectivity index (χ2n) is 10.3. The lowest BCUT2D eigenvalue weighted by molar-refractivity contribution is -0.0553. The van der Waals surface area contributed by atoms with E-state index in [1.165, 1.54) is 26.2 Å². The zero-order valence-corrected chi connectivity index (χ0v) is 20.9. The number of halogens is 1. The molecule has 4 rings (SSSR count). The topological polar surface area (TPSA) is 125 Å². The Morgan fingerprint density at radius 2 is 2.17 bits per heavy atom. The first-order chi connectivity index (χ1) is 17.0. The van der Waals surface area contributed by atoms with E-state index in [0.717, 1.165) is 18.4 Å². The molecule has 3 aromatic rings. The maximum Gasteiger partial charge on any atom is 0.255 e. The van der Waals surface area contributed by atoms with Crippen LogP contribution in [0.1, 0.15) is 56.5 Å². The molecule has 1 saturated heterocycles. The van der Waals surface area contributed by atoms with Gasteiger partial charge < -0.3 is 20.5 Å². The molecule has 1 amide bonds. The fourth-order valence-corrected chi connectivity index (χ4v) is 4.25. The van der Waals surface area contributed by atoms with E-state index >= 15 is 0 Å². The maximum absolute atomic E-state index is 14.3. The van der Waals surface area contributed by atoms with Crippen molar-refractivity contribution in [2.75, 3.05) is 18.5 Å². The van der Waals surface area contributed by atoms with Crippen molar-refractivity contribution in [3.8, 4) is 17.5 Å². The minimum absolute atomic E-state index is 0.0567. The molecule has 10 heteroatoms.